The van der Waals surface area contributed by atoms with Gasteiger partial charge in [0.15, 0.2) is 0 Å². The molecule has 6 nitrogen and oxygen atoms in total. The fraction of sp³-hybridized carbons (Fsp3) is 0.786. The van der Waals surface area contributed by atoms with Crippen molar-refractivity contribution in [2.45, 2.75) is 53.0 Å². The van der Waals surface area contributed by atoms with E-state index < -0.39 is 5.41 Å². The third kappa shape index (κ3) is 3.56. The number of carbonyl (C=O) groups is 1. The Morgan fingerprint density at radius 2 is 2.20 bits per heavy atom. The minimum Gasteiger partial charge on any atom is -0.466 e. The van der Waals surface area contributed by atoms with Gasteiger partial charge in [-0.05, 0) is 27.2 Å². The van der Waals surface area contributed by atoms with Gasteiger partial charge in [-0.15, -0.1) is 0 Å². The van der Waals surface area contributed by atoms with E-state index in [2.05, 4.69) is 10.1 Å². The van der Waals surface area contributed by atoms with Gasteiger partial charge in [0.1, 0.15) is 12.2 Å². The standard InChI is InChI=1S/C14H26N4O2/c1-5-7-14(9-15,13(19)20-6-2)8-12-16-10-17-18(12)11(3)4/h10-11H,5-9,15H2,1-4H3. The lowest BCUT2D eigenvalue weighted by molar-refractivity contribution is -0.155. The second-order valence-electron chi connectivity index (χ2n) is 5.35. The highest BCUT2D eigenvalue weighted by atomic mass is 16.5. The second kappa shape index (κ2) is 7.38. The van der Waals surface area contributed by atoms with Gasteiger partial charge in [-0.25, -0.2) is 9.67 Å². The molecule has 1 aromatic heterocycles. The number of ether oxygens (including phenoxy) is 1. The first-order chi connectivity index (χ1) is 9.50. The first-order valence-corrected chi connectivity index (χ1v) is 7.26. The lowest BCUT2D eigenvalue weighted by Crippen LogP contribution is -2.42. The number of aromatic nitrogens is 3. The predicted molar refractivity (Wildman–Crippen MR) is 77.1 cm³/mol. The van der Waals surface area contributed by atoms with Crippen LogP contribution in [0.1, 0.15) is 52.4 Å². The van der Waals surface area contributed by atoms with Crippen molar-refractivity contribution in [3.05, 3.63) is 12.2 Å². The molecule has 1 aromatic rings. The van der Waals surface area contributed by atoms with E-state index >= 15 is 0 Å². The zero-order valence-electron chi connectivity index (χ0n) is 12.9. The molecule has 114 valence electrons. The van der Waals surface area contributed by atoms with Crippen molar-refractivity contribution in [1.29, 1.82) is 0 Å². The molecule has 0 aliphatic rings. The molecular weight excluding hydrogens is 256 g/mol. The van der Waals surface area contributed by atoms with Gasteiger partial charge in [-0.1, -0.05) is 13.3 Å². The van der Waals surface area contributed by atoms with Crippen LogP contribution in [0.3, 0.4) is 0 Å². The molecule has 0 saturated carbocycles. The summed E-state index contributed by atoms with van der Waals surface area (Å²) >= 11 is 0. The number of nitrogens with zero attached hydrogens (tertiary/aromatic N) is 3. The summed E-state index contributed by atoms with van der Waals surface area (Å²) in [5.41, 5.74) is 5.21. The summed E-state index contributed by atoms with van der Waals surface area (Å²) in [5.74, 6) is 0.551. The molecule has 1 heterocycles. The molecule has 1 atom stereocenters. The molecule has 0 aliphatic heterocycles. The number of nitrogens with two attached hydrogens (primary N) is 1. The van der Waals surface area contributed by atoms with Crippen LogP contribution in [-0.2, 0) is 16.0 Å². The minimum absolute atomic E-state index is 0.201. The van der Waals surface area contributed by atoms with E-state index in [1.807, 2.05) is 32.4 Å². The van der Waals surface area contributed by atoms with Gasteiger partial charge in [0.05, 0.1) is 12.0 Å². The van der Waals surface area contributed by atoms with Gasteiger partial charge in [0.25, 0.3) is 0 Å². The second-order valence-corrected chi connectivity index (χ2v) is 5.35. The van der Waals surface area contributed by atoms with Crippen molar-refractivity contribution < 1.29 is 9.53 Å². The highest BCUT2D eigenvalue weighted by Crippen LogP contribution is 2.29. The quantitative estimate of drug-likeness (QED) is 0.734. The van der Waals surface area contributed by atoms with Crippen molar-refractivity contribution in [1.82, 2.24) is 14.8 Å². The van der Waals surface area contributed by atoms with Crippen molar-refractivity contribution >= 4 is 5.97 Å². The lowest BCUT2D eigenvalue weighted by atomic mass is 9.80. The van der Waals surface area contributed by atoms with Crippen molar-refractivity contribution in [3.8, 4) is 0 Å². The van der Waals surface area contributed by atoms with Crippen molar-refractivity contribution in [2.75, 3.05) is 13.2 Å². The molecular formula is C14H26N4O2. The fourth-order valence-corrected chi connectivity index (χ4v) is 2.42. The summed E-state index contributed by atoms with van der Waals surface area (Å²) in [6.45, 7) is 8.53. The third-order valence-corrected chi connectivity index (χ3v) is 3.46. The number of hydrogen-bond donors (Lipinski definition) is 1. The molecule has 1 rings (SSSR count). The van der Waals surface area contributed by atoms with Gasteiger partial charge in [0, 0.05) is 19.0 Å². The van der Waals surface area contributed by atoms with Gasteiger partial charge >= 0.3 is 5.97 Å². The predicted octanol–water partition coefficient (Wildman–Crippen LogP) is 1.71. The molecule has 0 fully saturated rings. The van der Waals surface area contributed by atoms with Crippen LogP contribution >= 0.6 is 0 Å². The molecule has 1 unspecified atom stereocenters. The van der Waals surface area contributed by atoms with E-state index in [9.17, 15) is 4.79 Å². The van der Waals surface area contributed by atoms with E-state index in [1.54, 1.807) is 0 Å². The Morgan fingerprint density at radius 1 is 1.50 bits per heavy atom. The van der Waals surface area contributed by atoms with Crippen LogP contribution in [0.4, 0.5) is 0 Å². The normalized spacial score (nSPS) is 14.3. The molecule has 2 N–H and O–H groups in total. The summed E-state index contributed by atoms with van der Waals surface area (Å²) in [6, 6.07) is 0.201. The Balaban J connectivity index is 3.05. The molecule has 0 amide bonds. The summed E-state index contributed by atoms with van der Waals surface area (Å²) in [6.07, 6.45) is 3.54. The van der Waals surface area contributed by atoms with Crippen LogP contribution in [0, 0.1) is 5.41 Å². The van der Waals surface area contributed by atoms with Crippen LogP contribution < -0.4 is 5.73 Å². The Kier molecular flexibility index (Phi) is 6.13. The summed E-state index contributed by atoms with van der Waals surface area (Å²) in [7, 11) is 0. The maximum absolute atomic E-state index is 12.3. The molecule has 0 saturated heterocycles. The monoisotopic (exact) mass is 282 g/mol. The van der Waals surface area contributed by atoms with Gasteiger partial charge in [0.2, 0.25) is 0 Å². The smallest absolute Gasteiger partial charge is 0.313 e. The average molecular weight is 282 g/mol. The number of rotatable bonds is 8. The molecule has 20 heavy (non-hydrogen) atoms. The zero-order chi connectivity index (χ0) is 15.2. The Hall–Kier alpha value is -1.43. The first kappa shape index (κ1) is 16.6. The largest absolute Gasteiger partial charge is 0.466 e. The van der Waals surface area contributed by atoms with Gasteiger partial charge in [-0.3, -0.25) is 4.79 Å². The van der Waals surface area contributed by atoms with E-state index in [4.69, 9.17) is 10.5 Å². The van der Waals surface area contributed by atoms with Crippen molar-refractivity contribution in [3.63, 3.8) is 0 Å². The molecule has 0 aromatic carbocycles. The highest BCUT2D eigenvalue weighted by molar-refractivity contribution is 5.77. The highest BCUT2D eigenvalue weighted by Gasteiger charge is 2.39. The van der Waals surface area contributed by atoms with Crippen LogP contribution in [-0.4, -0.2) is 33.9 Å². The zero-order valence-corrected chi connectivity index (χ0v) is 12.9. The summed E-state index contributed by atoms with van der Waals surface area (Å²) in [4.78, 5) is 16.6. The lowest BCUT2D eigenvalue weighted by Gasteiger charge is -2.29. The summed E-state index contributed by atoms with van der Waals surface area (Å²) < 4.78 is 7.06. The van der Waals surface area contributed by atoms with E-state index in [-0.39, 0.29) is 18.6 Å². The Bertz CT molecular complexity index is 431. The SMILES string of the molecule is CCCC(CN)(Cc1ncnn1C(C)C)C(=O)OCC. The Labute approximate surface area is 120 Å². The van der Waals surface area contributed by atoms with E-state index in [0.29, 0.717) is 19.4 Å². The van der Waals surface area contributed by atoms with Crippen LogP contribution in [0.2, 0.25) is 0 Å². The van der Waals surface area contributed by atoms with Crippen LogP contribution in [0.5, 0.6) is 0 Å². The third-order valence-electron chi connectivity index (χ3n) is 3.46. The van der Waals surface area contributed by atoms with Crippen molar-refractivity contribution in [2.24, 2.45) is 11.1 Å². The maximum atomic E-state index is 12.3. The van der Waals surface area contributed by atoms with Crippen LogP contribution in [0.15, 0.2) is 6.33 Å². The fourth-order valence-electron chi connectivity index (χ4n) is 2.42. The molecule has 0 radical (unpaired) electrons. The number of carbonyl (C=O) groups excluding carboxylic acids is 1. The topological polar surface area (TPSA) is 83.0 Å². The first-order valence-electron chi connectivity index (χ1n) is 7.26. The maximum Gasteiger partial charge on any atom is 0.313 e. The minimum atomic E-state index is -0.704. The van der Waals surface area contributed by atoms with Gasteiger partial charge < -0.3 is 10.5 Å². The van der Waals surface area contributed by atoms with Gasteiger partial charge in [-0.2, -0.15) is 5.10 Å². The van der Waals surface area contributed by atoms with Crippen LogP contribution in [0.25, 0.3) is 0 Å². The number of hydrogen-bond acceptors (Lipinski definition) is 5. The number of esters is 1. The van der Waals surface area contributed by atoms with E-state index in [1.165, 1.54) is 6.33 Å². The van der Waals surface area contributed by atoms with E-state index in [0.717, 1.165) is 12.2 Å². The Morgan fingerprint density at radius 3 is 2.70 bits per heavy atom. The molecule has 0 spiro atoms. The molecule has 0 aliphatic carbocycles. The average Bonchev–Trinajstić information content (AvgIpc) is 2.86. The molecule has 6 heteroatoms. The summed E-state index contributed by atoms with van der Waals surface area (Å²) in [5, 5.41) is 4.21. The molecule has 0 bridgehead atoms.